The SMILES string of the molecule is Cl.O=C(CCn1c(C(F)(F)F)cc2cccnc21)N1CCOCC1. The molecule has 2 aromatic rings. The maximum atomic E-state index is 13.2. The maximum absolute atomic E-state index is 13.2. The van der Waals surface area contributed by atoms with E-state index in [9.17, 15) is 18.0 Å². The van der Waals surface area contributed by atoms with Crippen molar-refractivity contribution in [3.05, 3.63) is 30.1 Å². The molecule has 3 rings (SSSR count). The first kappa shape index (κ1) is 18.5. The summed E-state index contributed by atoms with van der Waals surface area (Å²) < 4.78 is 45.9. The Labute approximate surface area is 142 Å². The topological polar surface area (TPSA) is 47.4 Å². The molecule has 1 saturated heterocycles. The summed E-state index contributed by atoms with van der Waals surface area (Å²) in [6.45, 7) is 1.85. The van der Waals surface area contributed by atoms with Crippen molar-refractivity contribution in [3.8, 4) is 0 Å². The van der Waals surface area contributed by atoms with Crippen molar-refractivity contribution in [2.24, 2.45) is 0 Å². The molecule has 24 heavy (non-hydrogen) atoms. The smallest absolute Gasteiger partial charge is 0.378 e. The van der Waals surface area contributed by atoms with Crippen molar-refractivity contribution in [2.45, 2.75) is 19.1 Å². The van der Waals surface area contributed by atoms with Gasteiger partial charge in [-0.3, -0.25) is 4.79 Å². The molecule has 132 valence electrons. The van der Waals surface area contributed by atoms with Crippen LogP contribution in [0.15, 0.2) is 24.4 Å². The number of morpholine rings is 1. The van der Waals surface area contributed by atoms with Crippen molar-refractivity contribution in [3.63, 3.8) is 0 Å². The van der Waals surface area contributed by atoms with E-state index in [1.165, 1.54) is 6.20 Å². The highest BCUT2D eigenvalue weighted by molar-refractivity contribution is 5.85. The molecule has 1 amide bonds. The van der Waals surface area contributed by atoms with Gasteiger partial charge in [0.05, 0.1) is 13.2 Å². The van der Waals surface area contributed by atoms with Gasteiger partial charge in [-0.05, 0) is 18.2 Å². The molecule has 0 unspecified atom stereocenters. The molecule has 1 fully saturated rings. The second kappa shape index (κ2) is 7.40. The van der Waals surface area contributed by atoms with Crippen molar-refractivity contribution in [1.29, 1.82) is 0 Å². The fourth-order valence-corrected chi connectivity index (χ4v) is 2.73. The zero-order valence-corrected chi connectivity index (χ0v) is 13.6. The van der Waals surface area contributed by atoms with E-state index >= 15 is 0 Å². The van der Waals surface area contributed by atoms with E-state index in [2.05, 4.69) is 4.98 Å². The average Bonchev–Trinajstić information content (AvgIpc) is 2.92. The number of fused-ring (bicyclic) bond motifs is 1. The van der Waals surface area contributed by atoms with E-state index in [1.807, 2.05) is 0 Å². The minimum absolute atomic E-state index is 0. The van der Waals surface area contributed by atoms with Crippen molar-refractivity contribution < 1.29 is 22.7 Å². The zero-order chi connectivity index (χ0) is 16.4. The molecule has 0 atom stereocenters. The highest BCUT2D eigenvalue weighted by Crippen LogP contribution is 2.33. The van der Waals surface area contributed by atoms with Gasteiger partial charge in [0.2, 0.25) is 5.91 Å². The van der Waals surface area contributed by atoms with Gasteiger partial charge in [0.25, 0.3) is 0 Å². The number of carbonyl (C=O) groups is 1. The van der Waals surface area contributed by atoms with Gasteiger partial charge in [-0.2, -0.15) is 13.2 Å². The number of aromatic nitrogens is 2. The normalized spacial score (nSPS) is 15.4. The molecule has 1 aliphatic heterocycles. The number of amides is 1. The van der Waals surface area contributed by atoms with E-state index in [-0.39, 0.29) is 36.9 Å². The maximum Gasteiger partial charge on any atom is 0.431 e. The Morgan fingerprint density at radius 3 is 2.67 bits per heavy atom. The van der Waals surface area contributed by atoms with Crippen LogP contribution in [0.25, 0.3) is 11.0 Å². The quantitative estimate of drug-likeness (QED) is 0.842. The summed E-state index contributed by atoms with van der Waals surface area (Å²) in [5.41, 5.74) is -0.532. The third-order valence-corrected chi connectivity index (χ3v) is 3.86. The molecule has 0 bridgehead atoms. The van der Waals surface area contributed by atoms with Crippen LogP contribution in [0.3, 0.4) is 0 Å². The first-order valence-electron chi connectivity index (χ1n) is 7.34. The summed E-state index contributed by atoms with van der Waals surface area (Å²) in [6, 6.07) is 4.24. The molecule has 0 aliphatic carbocycles. The van der Waals surface area contributed by atoms with Gasteiger partial charge in [-0.25, -0.2) is 4.98 Å². The Bertz CT molecular complexity index is 712. The number of aryl methyl sites for hydroxylation is 1. The van der Waals surface area contributed by atoms with Crippen LogP contribution in [0.4, 0.5) is 13.2 Å². The van der Waals surface area contributed by atoms with Gasteiger partial charge >= 0.3 is 6.18 Å². The molecule has 2 aromatic heterocycles. The first-order valence-corrected chi connectivity index (χ1v) is 7.34. The van der Waals surface area contributed by atoms with Crippen LogP contribution < -0.4 is 0 Å². The number of halogens is 4. The van der Waals surface area contributed by atoms with E-state index in [0.717, 1.165) is 10.6 Å². The van der Waals surface area contributed by atoms with Crippen molar-refractivity contribution >= 4 is 29.3 Å². The number of hydrogen-bond acceptors (Lipinski definition) is 3. The Balaban J connectivity index is 0.00000208. The van der Waals surface area contributed by atoms with Gasteiger partial charge in [0.1, 0.15) is 11.3 Å². The summed E-state index contributed by atoms with van der Waals surface area (Å²) in [5.74, 6) is -0.167. The molecule has 0 spiro atoms. The standard InChI is InChI=1S/C15H16F3N3O2.ClH/c16-15(17,18)12-10-11-2-1-4-19-14(11)21(12)5-3-13(22)20-6-8-23-9-7-20;/h1-2,4,10H,3,5-9H2;1H. The lowest BCUT2D eigenvalue weighted by Gasteiger charge is -2.27. The lowest BCUT2D eigenvalue weighted by Crippen LogP contribution is -2.41. The Hall–Kier alpha value is -1.80. The summed E-state index contributed by atoms with van der Waals surface area (Å²) in [5, 5.41) is 0.415. The van der Waals surface area contributed by atoms with Crippen LogP contribution in [-0.4, -0.2) is 46.7 Å². The van der Waals surface area contributed by atoms with Crippen LogP contribution in [-0.2, 0) is 22.3 Å². The molecule has 3 heterocycles. The number of nitrogens with zero attached hydrogens (tertiary/aromatic N) is 3. The average molecular weight is 364 g/mol. The van der Waals surface area contributed by atoms with Gasteiger partial charge in [0.15, 0.2) is 0 Å². The summed E-state index contributed by atoms with van der Waals surface area (Å²) in [6.07, 6.45) is -3.03. The number of hydrogen-bond donors (Lipinski definition) is 0. The van der Waals surface area contributed by atoms with E-state index in [1.54, 1.807) is 17.0 Å². The van der Waals surface area contributed by atoms with Crippen molar-refractivity contribution in [1.82, 2.24) is 14.5 Å². The predicted molar refractivity (Wildman–Crippen MR) is 84.0 cm³/mol. The molecule has 0 aromatic carbocycles. The zero-order valence-electron chi connectivity index (χ0n) is 12.8. The van der Waals surface area contributed by atoms with Crippen LogP contribution in [0.2, 0.25) is 0 Å². The fraction of sp³-hybridized carbons (Fsp3) is 0.467. The Morgan fingerprint density at radius 2 is 2.00 bits per heavy atom. The largest absolute Gasteiger partial charge is 0.431 e. The van der Waals surface area contributed by atoms with Crippen LogP contribution in [0.5, 0.6) is 0 Å². The minimum atomic E-state index is -4.48. The van der Waals surface area contributed by atoms with Gasteiger partial charge in [-0.1, -0.05) is 0 Å². The summed E-state index contributed by atoms with van der Waals surface area (Å²) in [7, 11) is 0. The highest BCUT2D eigenvalue weighted by Gasteiger charge is 2.35. The molecule has 9 heteroatoms. The van der Waals surface area contributed by atoms with E-state index in [4.69, 9.17) is 4.74 Å². The van der Waals surface area contributed by atoms with E-state index in [0.29, 0.717) is 31.7 Å². The van der Waals surface area contributed by atoms with Gasteiger partial charge < -0.3 is 14.2 Å². The second-order valence-electron chi connectivity index (χ2n) is 5.34. The van der Waals surface area contributed by atoms with Gasteiger partial charge in [-0.15, -0.1) is 12.4 Å². The fourth-order valence-electron chi connectivity index (χ4n) is 2.73. The molecular weight excluding hydrogens is 347 g/mol. The number of carbonyl (C=O) groups excluding carboxylic acids is 1. The summed E-state index contributed by atoms with van der Waals surface area (Å²) >= 11 is 0. The predicted octanol–water partition coefficient (Wildman–Crippen LogP) is 2.73. The van der Waals surface area contributed by atoms with Crippen molar-refractivity contribution in [2.75, 3.05) is 26.3 Å². The van der Waals surface area contributed by atoms with Gasteiger partial charge in [0, 0.05) is 37.6 Å². The Morgan fingerprint density at radius 1 is 1.29 bits per heavy atom. The number of ether oxygens (including phenoxy) is 1. The highest BCUT2D eigenvalue weighted by atomic mass is 35.5. The number of pyridine rings is 1. The van der Waals surface area contributed by atoms with Crippen LogP contribution in [0, 0.1) is 0 Å². The first-order chi connectivity index (χ1) is 11.0. The van der Waals surface area contributed by atoms with Crippen LogP contribution in [0.1, 0.15) is 12.1 Å². The van der Waals surface area contributed by atoms with Crippen LogP contribution >= 0.6 is 12.4 Å². The third-order valence-electron chi connectivity index (χ3n) is 3.86. The number of alkyl halides is 3. The summed E-state index contributed by atoms with van der Waals surface area (Å²) in [4.78, 5) is 17.8. The molecular formula is C15H17ClF3N3O2. The Kier molecular flexibility index (Phi) is 5.71. The molecule has 1 aliphatic rings. The lowest BCUT2D eigenvalue weighted by molar-refractivity contribution is -0.144. The molecule has 0 saturated carbocycles. The molecule has 0 N–H and O–H groups in total. The minimum Gasteiger partial charge on any atom is -0.378 e. The lowest BCUT2D eigenvalue weighted by atomic mass is 10.3. The monoisotopic (exact) mass is 363 g/mol. The second-order valence-corrected chi connectivity index (χ2v) is 5.34. The van der Waals surface area contributed by atoms with E-state index < -0.39 is 11.9 Å². The molecule has 0 radical (unpaired) electrons. The third kappa shape index (κ3) is 3.81. The number of rotatable bonds is 3. The molecule has 5 nitrogen and oxygen atoms in total.